The molecule has 0 saturated carbocycles. The van der Waals surface area contributed by atoms with Gasteiger partial charge in [0.15, 0.2) is 5.82 Å². The highest BCUT2D eigenvalue weighted by Crippen LogP contribution is 2.11. The van der Waals surface area contributed by atoms with Gasteiger partial charge in [0.25, 0.3) is 0 Å². The van der Waals surface area contributed by atoms with Crippen LogP contribution in [0.25, 0.3) is 5.57 Å². The van der Waals surface area contributed by atoms with Gasteiger partial charge in [0.2, 0.25) is 0 Å². The summed E-state index contributed by atoms with van der Waals surface area (Å²) in [6.07, 6.45) is 9.01. The van der Waals surface area contributed by atoms with Gasteiger partial charge in [-0.25, -0.2) is 9.97 Å². The zero-order chi connectivity index (χ0) is 10.4. The van der Waals surface area contributed by atoms with Gasteiger partial charge in [-0.2, -0.15) is 0 Å². The van der Waals surface area contributed by atoms with Crippen molar-refractivity contribution in [2.45, 2.75) is 6.92 Å². The number of nitrogen functional groups attached to an aromatic ring is 1. The van der Waals surface area contributed by atoms with Crippen molar-refractivity contribution in [1.29, 1.82) is 0 Å². The molecule has 0 unspecified atom stereocenters. The largest absolute Gasteiger partial charge is 0.384 e. The minimum Gasteiger partial charge on any atom is -0.384 e. The number of rotatable bonds is 3. The highest BCUT2D eigenvalue weighted by Gasteiger charge is 1.99. The Labute approximate surface area is 83.7 Å². The number of allylic oxidation sites excluding steroid dienone is 5. The van der Waals surface area contributed by atoms with Crippen LogP contribution in [0.15, 0.2) is 43.1 Å². The molecule has 2 N–H and O–H groups in total. The summed E-state index contributed by atoms with van der Waals surface area (Å²) in [5, 5.41) is 0. The van der Waals surface area contributed by atoms with E-state index in [0.29, 0.717) is 11.6 Å². The Morgan fingerprint density at radius 3 is 2.93 bits per heavy atom. The predicted molar refractivity (Wildman–Crippen MR) is 59.4 cm³/mol. The third-order valence-corrected chi connectivity index (χ3v) is 1.58. The molecule has 0 fully saturated rings. The van der Waals surface area contributed by atoms with Crippen LogP contribution in [0.2, 0.25) is 0 Å². The maximum atomic E-state index is 5.56. The minimum absolute atomic E-state index is 0.467. The summed E-state index contributed by atoms with van der Waals surface area (Å²) in [5.74, 6) is 1.08. The van der Waals surface area contributed by atoms with Crippen LogP contribution in [0, 0.1) is 0 Å². The molecule has 0 radical (unpaired) electrons. The quantitative estimate of drug-likeness (QED) is 0.738. The van der Waals surface area contributed by atoms with Crippen molar-refractivity contribution in [3.63, 3.8) is 0 Å². The number of nitrogens with two attached hydrogens (primary N) is 1. The van der Waals surface area contributed by atoms with E-state index in [2.05, 4.69) is 16.5 Å². The second-order valence-electron chi connectivity index (χ2n) is 2.66. The van der Waals surface area contributed by atoms with E-state index in [1.165, 1.54) is 0 Å². The van der Waals surface area contributed by atoms with Gasteiger partial charge in [-0.05, 0) is 13.0 Å². The molecule has 0 aliphatic carbocycles. The van der Waals surface area contributed by atoms with E-state index in [1.807, 2.05) is 25.2 Å². The lowest BCUT2D eigenvalue weighted by Gasteiger charge is -2.00. The molecular weight excluding hydrogens is 174 g/mol. The monoisotopic (exact) mass is 187 g/mol. The van der Waals surface area contributed by atoms with Gasteiger partial charge in [0.1, 0.15) is 5.82 Å². The normalized spacial score (nSPS) is 11.9. The topological polar surface area (TPSA) is 51.8 Å². The second-order valence-corrected chi connectivity index (χ2v) is 2.66. The minimum atomic E-state index is 0.467. The van der Waals surface area contributed by atoms with E-state index in [1.54, 1.807) is 18.3 Å². The van der Waals surface area contributed by atoms with Crippen LogP contribution in [0.3, 0.4) is 0 Å². The van der Waals surface area contributed by atoms with Gasteiger partial charge in [-0.1, -0.05) is 30.9 Å². The molecule has 1 aromatic heterocycles. The van der Waals surface area contributed by atoms with Crippen molar-refractivity contribution in [1.82, 2.24) is 9.97 Å². The molecular formula is C11H13N3. The molecule has 1 rings (SSSR count). The molecule has 0 spiro atoms. The summed E-state index contributed by atoms with van der Waals surface area (Å²) >= 11 is 0. The van der Waals surface area contributed by atoms with Gasteiger partial charge in [0.05, 0.1) is 0 Å². The molecule has 72 valence electrons. The number of hydrogen-bond acceptors (Lipinski definition) is 3. The summed E-state index contributed by atoms with van der Waals surface area (Å²) in [6.45, 7) is 5.57. The highest BCUT2D eigenvalue weighted by molar-refractivity contribution is 5.71. The maximum absolute atomic E-state index is 5.56. The Hall–Kier alpha value is -1.90. The predicted octanol–water partition coefficient (Wildman–Crippen LogP) is 2.20. The second kappa shape index (κ2) is 4.97. The Kier molecular flexibility index (Phi) is 3.61. The zero-order valence-corrected chi connectivity index (χ0v) is 8.14. The fourth-order valence-corrected chi connectivity index (χ4v) is 1.02. The fourth-order valence-electron chi connectivity index (χ4n) is 1.02. The van der Waals surface area contributed by atoms with Gasteiger partial charge < -0.3 is 5.73 Å². The van der Waals surface area contributed by atoms with Gasteiger partial charge in [0, 0.05) is 11.8 Å². The molecule has 0 aromatic carbocycles. The lowest BCUT2D eigenvalue weighted by atomic mass is 10.2. The van der Waals surface area contributed by atoms with Gasteiger partial charge in [-0.3, -0.25) is 0 Å². The molecule has 0 aliphatic heterocycles. The molecule has 14 heavy (non-hydrogen) atoms. The zero-order valence-electron chi connectivity index (χ0n) is 8.14. The van der Waals surface area contributed by atoms with Crippen LogP contribution in [-0.2, 0) is 0 Å². The number of hydrogen-bond donors (Lipinski definition) is 1. The average molecular weight is 187 g/mol. The van der Waals surface area contributed by atoms with Gasteiger partial charge in [-0.15, -0.1) is 0 Å². The Morgan fingerprint density at radius 2 is 2.36 bits per heavy atom. The molecule has 0 aliphatic rings. The lowest BCUT2D eigenvalue weighted by Crippen LogP contribution is -1.96. The molecule has 3 nitrogen and oxygen atoms in total. The SMILES string of the molecule is C=C/C=C(\C=C/C)c1nccc(N)n1. The standard InChI is InChI=1S/C11H13N3/c1-3-5-9(6-4-2)11-13-8-7-10(12)14-11/h3-8H,1H2,2H3,(H2,12,13,14)/b6-4-,9-5+. The van der Waals surface area contributed by atoms with Crippen molar-refractivity contribution in [3.8, 4) is 0 Å². The molecule has 0 saturated heterocycles. The molecule has 1 heterocycles. The van der Waals surface area contributed by atoms with E-state index in [4.69, 9.17) is 5.73 Å². The van der Waals surface area contributed by atoms with Crippen LogP contribution < -0.4 is 5.73 Å². The Balaban J connectivity index is 3.11. The Bertz CT molecular complexity index is 378. The third-order valence-electron chi connectivity index (χ3n) is 1.58. The van der Waals surface area contributed by atoms with E-state index in [9.17, 15) is 0 Å². The molecule has 0 atom stereocenters. The van der Waals surface area contributed by atoms with Crippen molar-refractivity contribution < 1.29 is 0 Å². The first-order valence-corrected chi connectivity index (χ1v) is 4.32. The fraction of sp³-hybridized carbons (Fsp3) is 0.0909. The first kappa shape index (κ1) is 10.2. The van der Waals surface area contributed by atoms with Crippen molar-refractivity contribution >= 4 is 11.4 Å². The first-order valence-electron chi connectivity index (χ1n) is 4.32. The summed E-state index contributed by atoms with van der Waals surface area (Å²) < 4.78 is 0. The number of anilines is 1. The van der Waals surface area contributed by atoms with Crippen LogP contribution in [-0.4, -0.2) is 9.97 Å². The molecule has 0 bridgehead atoms. The molecule has 3 heteroatoms. The van der Waals surface area contributed by atoms with Crippen LogP contribution >= 0.6 is 0 Å². The maximum Gasteiger partial charge on any atom is 0.161 e. The number of nitrogens with zero attached hydrogens (tertiary/aromatic N) is 2. The van der Waals surface area contributed by atoms with Crippen molar-refractivity contribution in [2.24, 2.45) is 0 Å². The van der Waals surface area contributed by atoms with Crippen molar-refractivity contribution in [3.05, 3.63) is 49.0 Å². The summed E-state index contributed by atoms with van der Waals surface area (Å²) in [5.41, 5.74) is 6.46. The van der Waals surface area contributed by atoms with Gasteiger partial charge >= 0.3 is 0 Å². The van der Waals surface area contributed by atoms with Crippen LogP contribution in [0.5, 0.6) is 0 Å². The summed E-state index contributed by atoms with van der Waals surface area (Å²) in [4.78, 5) is 8.23. The molecule has 0 amide bonds. The summed E-state index contributed by atoms with van der Waals surface area (Å²) in [6, 6.07) is 1.66. The average Bonchev–Trinajstić information content (AvgIpc) is 2.17. The van der Waals surface area contributed by atoms with E-state index < -0.39 is 0 Å². The highest BCUT2D eigenvalue weighted by atomic mass is 14.9. The number of aromatic nitrogens is 2. The lowest BCUT2D eigenvalue weighted by molar-refractivity contribution is 1.13. The van der Waals surface area contributed by atoms with Crippen LogP contribution in [0.1, 0.15) is 12.7 Å². The third kappa shape index (κ3) is 2.55. The first-order chi connectivity index (χ1) is 6.77. The van der Waals surface area contributed by atoms with E-state index >= 15 is 0 Å². The van der Waals surface area contributed by atoms with E-state index in [0.717, 1.165) is 5.57 Å². The summed E-state index contributed by atoms with van der Waals surface area (Å²) in [7, 11) is 0. The molecule has 1 aromatic rings. The Morgan fingerprint density at radius 1 is 1.57 bits per heavy atom. The van der Waals surface area contributed by atoms with Crippen molar-refractivity contribution in [2.75, 3.05) is 5.73 Å². The smallest absolute Gasteiger partial charge is 0.161 e. The van der Waals surface area contributed by atoms with Crippen LogP contribution in [0.4, 0.5) is 5.82 Å². The van der Waals surface area contributed by atoms with E-state index in [-0.39, 0.29) is 0 Å².